The molecular formula is C16H19N3O. The lowest BCUT2D eigenvalue weighted by Gasteiger charge is -2.14. The topological polar surface area (TPSA) is 44.7 Å². The van der Waals surface area contributed by atoms with Gasteiger partial charge < -0.3 is 5.32 Å². The van der Waals surface area contributed by atoms with E-state index < -0.39 is 0 Å². The summed E-state index contributed by atoms with van der Waals surface area (Å²) in [5.74, 6) is 0.308. The van der Waals surface area contributed by atoms with Crippen LogP contribution in [0.15, 0.2) is 47.6 Å². The van der Waals surface area contributed by atoms with Crippen molar-refractivity contribution in [2.24, 2.45) is 11.0 Å². The first-order valence-corrected chi connectivity index (χ1v) is 6.64. The number of nitrogens with zero attached hydrogens (tertiary/aromatic N) is 2. The normalized spacial score (nSPS) is 11.2. The lowest BCUT2D eigenvalue weighted by Crippen LogP contribution is -2.27. The minimum atomic E-state index is -0.252. The Morgan fingerprint density at radius 2 is 1.90 bits per heavy atom. The lowest BCUT2D eigenvalue weighted by atomic mass is 10.1. The van der Waals surface area contributed by atoms with E-state index in [0.717, 1.165) is 16.5 Å². The van der Waals surface area contributed by atoms with Crippen LogP contribution in [0.4, 0.5) is 10.5 Å². The second-order valence-electron chi connectivity index (χ2n) is 4.99. The number of nitrogens with one attached hydrogen (secondary N) is 1. The maximum atomic E-state index is 12.1. The Bertz CT molecular complexity index is 629. The summed E-state index contributed by atoms with van der Waals surface area (Å²) in [5.41, 5.74) is 0.791. The predicted octanol–water partition coefficient (Wildman–Crippen LogP) is 3.95. The average molecular weight is 269 g/mol. The van der Waals surface area contributed by atoms with E-state index in [1.807, 2.05) is 56.3 Å². The van der Waals surface area contributed by atoms with E-state index in [9.17, 15) is 4.79 Å². The molecule has 4 nitrogen and oxygen atoms in total. The van der Waals surface area contributed by atoms with E-state index in [4.69, 9.17) is 0 Å². The van der Waals surface area contributed by atoms with Crippen molar-refractivity contribution in [1.29, 1.82) is 0 Å². The van der Waals surface area contributed by atoms with Crippen LogP contribution in [-0.2, 0) is 0 Å². The number of carbonyl (C=O) groups excluding carboxylic acids is 1. The Morgan fingerprint density at radius 1 is 1.20 bits per heavy atom. The van der Waals surface area contributed by atoms with Crippen molar-refractivity contribution in [2.45, 2.75) is 13.8 Å². The van der Waals surface area contributed by atoms with Gasteiger partial charge in [-0.1, -0.05) is 50.2 Å². The van der Waals surface area contributed by atoms with Crippen LogP contribution in [0.5, 0.6) is 0 Å². The summed E-state index contributed by atoms with van der Waals surface area (Å²) >= 11 is 0. The molecule has 2 aromatic carbocycles. The Kier molecular flexibility index (Phi) is 4.35. The number of rotatable bonds is 3. The maximum absolute atomic E-state index is 12.1. The van der Waals surface area contributed by atoms with Gasteiger partial charge >= 0.3 is 6.03 Å². The van der Waals surface area contributed by atoms with Crippen LogP contribution >= 0.6 is 0 Å². The van der Waals surface area contributed by atoms with Crippen LogP contribution in [0.25, 0.3) is 10.8 Å². The molecular weight excluding hydrogens is 250 g/mol. The third-order valence-electron chi connectivity index (χ3n) is 2.86. The molecule has 0 heterocycles. The fourth-order valence-corrected chi connectivity index (χ4v) is 1.82. The highest BCUT2D eigenvalue weighted by Crippen LogP contribution is 2.23. The van der Waals surface area contributed by atoms with Gasteiger partial charge in [0.25, 0.3) is 0 Å². The lowest BCUT2D eigenvalue weighted by molar-refractivity contribution is 0.224. The van der Waals surface area contributed by atoms with Gasteiger partial charge in [-0.05, 0) is 17.4 Å². The number of anilines is 1. The molecule has 0 aromatic heterocycles. The zero-order valence-corrected chi connectivity index (χ0v) is 12.0. The summed E-state index contributed by atoms with van der Waals surface area (Å²) in [6, 6.07) is 13.5. The van der Waals surface area contributed by atoms with Crippen molar-refractivity contribution in [3.63, 3.8) is 0 Å². The predicted molar refractivity (Wildman–Crippen MR) is 84.1 cm³/mol. The molecule has 2 aromatic rings. The summed E-state index contributed by atoms with van der Waals surface area (Å²) < 4.78 is 0. The zero-order chi connectivity index (χ0) is 14.5. The highest BCUT2D eigenvalue weighted by molar-refractivity contribution is 6.01. The Hall–Kier alpha value is -2.36. The highest BCUT2D eigenvalue weighted by Gasteiger charge is 2.09. The molecule has 0 spiro atoms. The minimum absolute atomic E-state index is 0.252. The Labute approximate surface area is 119 Å². The molecule has 0 fully saturated rings. The van der Waals surface area contributed by atoms with E-state index in [2.05, 4.69) is 10.4 Å². The molecule has 0 aliphatic carbocycles. The smallest absolute Gasteiger partial charge is 0.306 e. The molecule has 0 bridgehead atoms. The van der Waals surface area contributed by atoms with Gasteiger partial charge in [-0.3, -0.25) is 0 Å². The molecule has 1 N–H and O–H groups in total. The van der Waals surface area contributed by atoms with Crippen LogP contribution < -0.4 is 5.32 Å². The molecule has 4 heteroatoms. The summed E-state index contributed by atoms with van der Waals surface area (Å²) in [4.78, 5) is 12.1. The highest BCUT2D eigenvalue weighted by atomic mass is 16.2. The summed E-state index contributed by atoms with van der Waals surface area (Å²) in [6.45, 7) is 4.03. The summed E-state index contributed by atoms with van der Waals surface area (Å²) in [7, 11) is 1.64. The van der Waals surface area contributed by atoms with Crippen molar-refractivity contribution in [3.05, 3.63) is 42.5 Å². The standard InChI is InChI=1S/C16H19N3O/c1-12(2)11-17-19(3)16(20)18-15-10-6-8-13-7-4-5-9-14(13)15/h4-12H,1-3H3,(H,18,20)/b17-11+. The van der Waals surface area contributed by atoms with E-state index in [1.165, 1.54) is 5.01 Å². The van der Waals surface area contributed by atoms with Gasteiger partial charge in [-0.2, -0.15) is 5.10 Å². The van der Waals surface area contributed by atoms with Crippen molar-refractivity contribution < 1.29 is 4.79 Å². The van der Waals surface area contributed by atoms with Gasteiger partial charge in [-0.15, -0.1) is 0 Å². The largest absolute Gasteiger partial charge is 0.341 e. The third-order valence-corrected chi connectivity index (χ3v) is 2.86. The number of urea groups is 1. The number of amides is 2. The number of benzene rings is 2. The van der Waals surface area contributed by atoms with Crippen molar-refractivity contribution in [3.8, 4) is 0 Å². The van der Waals surface area contributed by atoms with Gasteiger partial charge in [0.15, 0.2) is 0 Å². The quantitative estimate of drug-likeness (QED) is 0.665. The molecule has 2 rings (SSSR count). The monoisotopic (exact) mass is 269 g/mol. The van der Waals surface area contributed by atoms with E-state index >= 15 is 0 Å². The van der Waals surface area contributed by atoms with Crippen molar-refractivity contribution >= 4 is 28.7 Å². The molecule has 104 valence electrons. The SMILES string of the molecule is CC(C)/C=N/N(C)C(=O)Nc1cccc2ccccc12. The average Bonchev–Trinajstić information content (AvgIpc) is 2.45. The van der Waals surface area contributed by atoms with E-state index in [0.29, 0.717) is 5.92 Å². The maximum Gasteiger partial charge on any atom is 0.341 e. The summed E-state index contributed by atoms with van der Waals surface area (Å²) in [6.07, 6.45) is 1.74. The Balaban J connectivity index is 2.18. The first-order chi connectivity index (χ1) is 9.58. The third kappa shape index (κ3) is 3.35. The molecule has 0 unspecified atom stereocenters. The molecule has 20 heavy (non-hydrogen) atoms. The van der Waals surface area contributed by atoms with Crippen LogP contribution in [-0.4, -0.2) is 24.3 Å². The summed E-state index contributed by atoms with van der Waals surface area (Å²) in [5, 5.41) is 10.4. The number of hydrogen-bond donors (Lipinski definition) is 1. The van der Waals surface area contributed by atoms with E-state index in [-0.39, 0.29) is 6.03 Å². The fourth-order valence-electron chi connectivity index (χ4n) is 1.82. The molecule has 2 amide bonds. The molecule has 0 saturated heterocycles. The van der Waals surface area contributed by atoms with Gasteiger partial charge in [-0.25, -0.2) is 9.80 Å². The first kappa shape index (κ1) is 14.1. The first-order valence-electron chi connectivity index (χ1n) is 6.64. The fraction of sp³-hybridized carbons (Fsp3) is 0.250. The second-order valence-corrected chi connectivity index (χ2v) is 4.99. The number of hydrazone groups is 1. The molecule has 0 saturated carbocycles. The van der Waals surface area contributed by atoms with Crippen LogP contribution in [0.1, 0.15) is 13.8 Å². The van der Waals surface area contributed by atoms with Crippen LogP contribution in [0.3, 0.4) is 0 Å². The van der Waals surface area contributed by atoms with Gasteiger partial charge in [0.2, 0.25) is 0 Å². The van der Waals surface area contributed by atoms with Crippen molar-refractivity contribution in [2.75, 3.05) is 12.4 Å². The number of fused-ring (bicyclic) bond motifs is 1. The second kappa shape index (κ2) is 6.19. The molecule has 0 radical (unpaired) electrons. The van der Waals surface area contributed by atoms with Crippen LogP contribution in [0, 0.1) is 5.92 Å². The molecule has 0 aliphatic heterocycles. The van der Waals surface area contributed by atoms with Gasteiger partial charge in [0.1, 0.15) is 0 Å². The van der Waals surface area contributed by atoms with Gasteiger partial charge in [0.05, 0.1) is 5.69 Å². The number of hydrogen-bond acceptors (Lipinski definition) is 2. The molecule has 0 atom stereocenters. The minimum Gasteiger partial charge on any atom is -0.306 e. The van der Waals surface area contributed by atoms with Crippen molar-refractivity contribution in [1.82, 2.24) is 5.01 Å². The molecule has 0 aliphatic rings. The number of carbonyl (C=O) groups is 1. The van der Waals surface area contributed by atoms with E-state index in [1.54, 1.807) is 13.3 Å². The Morgan fingerprint density at radius 3 is 2.65 bits per heavy atom. The van der Waals surface area contributed by atoms with Crippen LogP contribution in [0.2, 0.25) is 0 Å². The zero-order valence-electron chi connectivity index (χ0n) is 12.0. The van der Waals surface area contributed by atoms with Gasteiger partial charge in [0, 0.05) is 18.6 Å².